The quantitative estimate of drug-likeness (QED) is 0.393. The molecule has 1 fully saturated rings. The standard InChI is InChI=1S/C24H28ClF3N6O3/c1-23(2,3)37-22(35)34-8-5-14(6-9-34)7-10-36-20-16(24(26,27)28)11-15(12-29-20)17-18-19(32-21(25)31-17)33(4)13-30-18/h11-14H,5-10H2,1-4H3. The first-order valence-electron chi connectivity index (χ1n) is 11.8. The number of piperidine rings is 1. The Labute approximate surface area is 217 Å². The number of hydrogen-bond acceptors (Lipinski definition) is 7. The lowest BCUT2D eigenvalue weighted by atomic mass is 9.94. The minimum absolute atomic E-state index is 0.0658. The zero-order chi connectivity index (χ0) is 27.0. The van der Waals surface area contributed by atoms with Gasteiger partial charge in [0.2, 0.25) is 11.2 Å². The van der Waals surface area contributed by atoms with Gasteiger partial charge in [-0.05, 0) is 63.6 Å². The highest BCUT2D eigenvalue weighted by Crippen LogP contribution is 2.38. The summed E-state index contributed by atoms with van der Waals surface area (Å²) < 4.78 is 54.2. The number of carbonyl (C=O) groups excluding carboxylic acids is 1. The van der Waals surface area contributed by atoms with E-state index in [1.807, 2.05) is 20.8 Å². The van der Waals surface area contributed by atoms with Crippen LogP contribution in [0, 0.1) is 5.92 Å². The summed E-state index contributed by atoms with van der Waals surface area (Å²) in [5.74, 6) is -0.284. The number of aromatic nitrogens is 5. The number of pyridine rings is 1. The summed E-state index contributed by atoms with van der Waals surface area (Å²) in [6.45, 7) is 6.57. The van der Waals surface area contributed by atoms with Crippen molar-refractivity contribution in [1.82, 2.24) is 29.4 Å². The van der Waals surface area contributed by atoms with E-state index in [1.165, 1.54) is 12.5 Å². The molecule has 0 aromatic carbocycles. The van der Waals surface area contributed by atoms with Crippen molar-refractivity contribution < 1.29 is 27.4 Å². The molecule has 0 spiro atoms. The van der Waals surface area contributed by atoms with Crippen LogP contribution in [-0.4, -0.2) is 60.8 Å². The fourth-order valence-electron chi connectivity index (χ4n) is 4.13. The minimum atomic E-state index is -4.70. The van der Waals surface area contributed by atoms with Crippen LogP contribution in [0.2, 0.25) is 5.28 Å². The average Bonchev–Trinajstić information content (AvgIpc) is 3.18. The Morgan fingerprint density at radius 3 is 2.51 bits per heavy atom. The van der Waals surface area contributed by atoms with Crippen molar-refractivity contribution in [3.8, 4) is 17.1 Å². The van der Waals surface area contributed by atoms with E-state index in [4.69, 9.17) is 21.1 Å². The second-order valence-electron chi connectivity index (χ2n) is 9.99. The fourth-order valence-corrected chi connectivity index (χ4v) is 4.30. The number of likely N-dealkylation sites (tertiary alicyclic amines) is 1. The third kappa shape index (κ3) is 6.41. The van der Waals surface area contributed by atoms with E-state index in [-0.39, 0.29) is 35.2 Å². The molecule has 0 atom stereocenters. The third-order valence-corrected chi connectivity index (χ3v) is 6.16. The normalized spacial score (nSPS) is 15.3. The first-order chi connectivity index (χ1) is 17.3. The lowest BCUT2D eigenvalue weighted by Crippen LogP contribution is -2.41. The number of fused-ring (bicyclic) bond motifs is 1. The number of carbonyl (C=O) groups is 1. The molecule has 0 radical (unpaired) electrons. The molecule has 0 saturated carbocycles. The number of aryl methyl sites for hydroxylation is 1. The number of imidazole rings is 1. The molecule has 4 rings (SSSR count). The summed E-state index contributed by atoms with van der Waals surface area (Å²) in [5.41, 5.74) is -0.624. The number of nitrogens with zero attached hydrogens (tertiary/aromatic N) is 6. The predicted molar refractivity (Wildman–Crippen MR) is 130 cm³/mol. The van der Waals surface area contributed by atoms with E-state index in [2.05, 4.69) is 19.9 Å². The van der Waals surface area contributed by atoms with Crippen LogP contribution in [0.5, 0.6) is 5.88 Å². The van der Waals surface area contributed by atoms with Crippen LogP contribution >= 0.6 is 11.6 Å². The van der Waals surface area contributed by atoms with Gasteiger partial charge in [-0.1, -0.05) is 0 Å². The molecule has 0 aliphatic carbocycles. The number of halogens is 4. The van der Waals surface area contributed by atoms with E-state index in [0.29, 0.717) is 30.7 Å². The maximum atomic E-state index is 13.9. The molecular formula is C24H28ClF3N6O3. The summed E-state index contributed by atoms with van der Waals surface area (Å²) >= 11 is 6.00. The Kier molecular flexibility index (Phi) is 7.50. The van der Waals surface area contributed by atoms with Crippen molar-refractivity contribution in [1.29, 1.82) is 0 Å². The number of alkyl halides is 3. The molecule has 200 valence electrons. The summed E-state index contributed by atoms with van der Waals surface area (Å²) in [6.07, 6.45) is -0.334. The SMILES string of the molecule is Cn1cnc2c(-c3cnc(OCCC4CCN(C(=O)OC(C)(C)C)CC4)c(C(F)(F)F)c3)nc(Cl)nc21. The zero-order valence-corrected chi connectivity index (χ0v) is 21.7. The van der Waals surface area contributed by atoms with Gasteiger partial charge in [0, 0.05) is 31.9 Å². The molecule has 3 aromatic heterocycles. The molecular weight excluding hydrogens is 513 g/mol. The lowest BCUT2D eigenvalue weighted by molar-refractivity contribution is -0.139. The smallest absolute Gasteiger partial charge is 0.421 e. The van der Waals surface area contributed by atoms with Gasteiger partial charge in [0.05, 0.1) is 12.9 Å². The van der Waals surface area contributed by atoms with E-state index in [9.17, 15) is 18.0 Å². The monoisotopic (exact) mass is 540 g/mol. The summed E-state index contributed by atoms with van der Waals surface area (Å²) in [7, 11) is 1.69. The van der Waals surface area contributed by atoms with E-state index in [1.54, 1.807) is 16.5 Å². The Hall–Kier alpha value is -3.15. The van der Waals surface area contributed by atoms with Gasteiger partial charge in [0.1, 0.15) is 22.4 Å². The van der Waals surface area contributed by atoms with Gasteiger partial charge in [0.25, 0.3) is 0 Å². The number of ether oxygens (including phenoxy) is 2. The third-order valence-electron chi connectivity index (χ3n) is 5.99. The Morgan fingerprint density at radius 1 is 1.16 bits per heavy atom. The Balaban J connectivity index is 1.43. The highest BCUT2D eigenvalue weighted by molar-refractivity contribution is 6.28. The fraction of sp³-hybridized carbons (Fsp3) is 0.542. The number of amides is 1. The molecule has 3 aromatic rings. The number of hydrogen-bond donors (Lipinski definition) is 0. The molecule has 0 bridgehead atoms. The first-order valence-corrected chi connectivity index (χ1v) is 12.2. The molecule has 1 aliphatic rings. The van der Waals surface area contributed by atoms with E-state index in [0.717, 1.165) is 18.9 Å². The van der Waals surface area contributed by atoms with Crippen molar-refractivity contribution >= 4 is 28.9 Å². The summed E-state index contributed by atoms with van der Waals surface area (Å²) in [6, 6.07) is 0.939. The van der Waals surface area contributed by atoms with E-state index < -0.39 is 23.2 Å². The van der Waals surface area contributed by atoms with Gasteiger partial charge in [-0.15, -0.1) is 0 Å². The topological polar surface area (TPSA) is 95.3 Å². The van der Waals surface area contributed by atoms with Crippen molar-refractivity contribution in [2.45, 2.75) is 51.8 Å². The zero-order valence-electron chi connectivity index (χ0n) is 21.0. The first kappa shape index (κ1) is 26.9. The molecule has 0 N–H and O–H groups in total. The van der Waals surface area contributed by atoms with Crippen LogP contribution < -0.4 is 4.74 Å². The largest absolute Gasteiger partial charge is 0.477 e. The number of rotatable bonds is 5. The van der Waals surface area contributed by atoms with Crippen LogP contribution in [0.15, 0.2) is 18.6 Å². The van der Waals surface area contributed by atoms with Crippen LogP contribution in [-0.2, 0) is 18.0 Å². The van der Waals surface area contributed by atoms with Crippen LogP contribution in [0.25, 0.3) is 22.4 Å². The van der Waals surface area contributed by atoms with Crippen molar-refractivity contribution in [2.75, 3.05) is 19.7 Å². The van der Waals surface area contributed by atoms with Crippen LogP contribution in [0.1, 0.15) is 45.6 Å². The molecule has 13 heteroatoms. The van der Waals surface area contributed by atoms with Gasteiger partial charge in [-0.2, -0.15) is 18.2 Å². The maximum absolute atomic E-state index is 13.9. The lowest BCUT2D eigenvalue weighted by Gasteiger charge is -2.33. The van der Waals surface area contributed by atoms with Crippen molar-refractivity contribution in [2.24, 2.45) is 13.0 Å². The maximum Gasteiger partial charge on any atom is 0.421 e. The second kappa shape index (κ2) is 10.3. The van der Waals surface area contributed by atoms with Crippen LogP contribution in [0.4, 0.5) is 18.0 Å². The molecule has 1 amide bonds. The van der Waals surface area contributed by atoms with Gasteiger partial charge in [-0.25, -0.2) is 19.7 Å². The predicted octanol–water partition coefficient (Wildman–Crippen LogP) is 5.51. The molecule has 1 saturated heterocycles. The molecule has 37 heavy (non-hydrogen) atoms. The van der Waals surface area contributed by atoms with Crippen LogP contribution in [0.3, 0.4) is 0 Å². The second-order valence-corrected chi connectivity index (χ2v) is 10.3. The highest BCUT2D eigenvalue weighted by atomic mass is 35.5. The van der Waals surface area contributed by atoms with Crippen molar-refractivity contribution in [3.05, 3.63) is 29.4 Å². The highest BCUT2D eigenvalue weighted by Gasteiger charge is 2.36. The molecule has 9 nitrogen and oxygen atoms in total. The Morgan fingerprint density at radius 2 is 1.86 bits per heavy atom. The molecule has 0 unspecified atom stereocenters. The van der Waals surface area contributed by atoms with Gasteiger partial charge in [0.15, 0.2) is 5.65 Å². The van der Waals surface area contributed by atoms with Gasteiger partial charge >= 0.3 is 12.3 Å². The van der Waals surface area contributed by atoms with E-state index >= 15 is 0 Å². The molecule has 4 heterocycles. The average molecular weight is 541 g/mol. The summed E-state index contributed by atoms with van der Waals surface area (Å²) in [4.78, 5) is 30.2. The summed E-state index contributed by atoms with van der Waals surface area (Å²) in [5, 5.41) is -0.113. The minimum Gasteiger partial charge on any atom is -0.477 e. The van der Waals surface area contributed by atoms with Gasteiger partial charge in [-0.3, -0.25) is 0 Å². The Bertz CT molecular complexity index is 1280. The van der Waals surface area contributed by atoms with Crippen molar-refractivity contribution in [3.63, 3.8) is 0 Å². The molecule has 1 aliphatic heterocycles. The van der Waals surface area contributed by atoms with Gasteiger partial charge < -0.3 is 18.9 Å².